The van der Waals surface area contributed by atoms with Gasteiger partial charge in [0.25, 0.3) is 0 Å². The van der Waals surface area contributed by atoms with E-state index in [2.05, 4.69) is 15.2 Å². The van der Waals surface area contributed by atoms with Crippen LogP contribution < -0.4 is 5.32 Å². The summed E-state index contributed by atoms with van der Waals surface area (Å²) >= 11 is 0. The van der Waals surface area contributed by atoms with Gasteiger partial charge in [0.2, 0.25) is 0 Å². The van der Waals surface area contributed by atoms with Crippen molar-refractivity contribution >= 4 is 5.78 Å². The average molecular weight is 237 g/mol. The standard InChI is InChI=1S/C12H16FN3O/c13-11-6-10(7-15-8-11)12(17)9-16-4-1-2-14-3-5-16/h6-8,14H,1-5,9H2. The SMILES string of the molecule is O=C(CN1CCCNCC1)c1cncc(F)c1. The van der Waals surface area contributed by atoms with Crippen LogP contribution in [0.25, 0.3) is 0 Å². The second-order valence-electron chi connectivity index (χ2n) is 4.19. The Morgan fingerprint density at radius 3 is 3.12 bits per heavy atom. The third-order valence-electron chi connectivity index (χ3n) is 2.83. The molecule has 1 aliphatic rings. The van der Waals surface area contributed by atoms with Gasteiger partial charge < -0.3 is 5.32 Å². The van der Waals surface area contributed by atoms with E-state index in [1.54, 1.807) is 0 Å². The minimum atomic E-state index is -0.464. The molecule has 1 saturated heterocycles. The number of aromatic nitrogens is 1. The van der Waals surface area contributed by atoms with Crippen LogP contribution >= 0.6 is 0 Å². The number of ketones is 1. The minimum Gasteiger partial charge on any atom is -0.315 e. The van der Waals surface area contributed by atoms with E-state index in [1.807, 2.05) is 0 Å². The summed E-state index contributed by atoms with van der Waals surface area (Å²) in [5.74, 6) is -0.535. The second-order valence-corrected chi connectivity index (χ2v) is 4.19. The topological polar surface area (TPSA) is 45.2 Å². The summed E-state index contributed by atoms with van der Waals surface area (Å²) in [7, 11) is 0. The molecule has 0 amide bonds. The van der Waals surface area contributed by atoms with Gasteiger partial charge in [-0.05, 0) is 25.6 Å². The molecule has 0 atom stereocenters. The molecule has 5 heteroatoms. The lowest BCUT2D eigenvalue weighted by Gasteiger charge is -2.18. The molecule has 0 radical (unpaired) electrons. The molecule has 0 unspecified atom stereocenters. The number of halogens is 1. The van der Waals surface area contributed by atoms with Crippen LogP contribution in [0.5, 0.6) is 0 Å². The highest BCUT2D eigenvalue weighted by molar-refractivity contribution is 5.97. The predicted molar refractivity (Wildman–Crippen MR) is 62.5 cm³/mol. The summed E-state index contributed by atoms with van der Waals surface area (Å²) in [6.45, 7) is 3.99. The Balaban J connectivity index is 1.96. The Morgan fingerprint density at radius 2 is 2.29 bits per heavy atom. The summed E-state index contributed by atoms with van der Waals surface area (Å²) in [5.41, 5.74) is 0.349. The molecule has 1 aliphatic heterocycles. The number of carbonyl (C=O) groups is 1. The van der Waals surface area contributed by atoms with Crippen LogP contribution in [0.1, 0.15) is 16.8 Å². The van der Waals surface area contributed by atoms with Gasteiger partial charge in [0, 0.05) is 24.8 Å². The molecule has 0 spiro atoms. The van der Waals surface area contributed by atoms with E-state index in [0.717, 1.165) is 38.8 Å². The third-order valence-corrected chi connectivity index (χ3v) is 2.83. The first-order valence-corrected chi connectivity index (χ1v) is 5.82. The van der Waals surface area contributed by atoms with Crippen molar-refractivity contribution in [2.24, 2.45) is 0 Å². The molecule has 0 bridgehead atoms. The first-order chi connectivity index (χ1) is 8.25. The molecule has 1 fully saturated rings. The van der Waals surface area contributed by atoms with Crippen LogP contribution in [0.2, 0.25) is 0 Å². The largest absolute Gasteiger partial charge is 0.315 e. The van der Waals surface area contributed by atoms with Crippen LogP contribution in [0, 0.1) is 5.82 Å². The van der Waals surface area contributed by atoms with Crippen molar-refractivity contribution in [2.45, 2.75) is 6.42 Å². The number of carbonyl (C=O) groups excluding carboxylic acids is 1. The highest BCUT2D eigenvalue weighted by Gasteiger charge is 2.14. The summed E-state index contributed by atoms with van der Waals surface area (Å²) in [6, 6.07) is 1.24. The Labute approximate surface area is 99.8 Å². The lowest BCUT2D eigenvalue weighted by molar-refractivity contribution is 0.0934. The first-order valence-electron chi connectivity index (χ1n) is 5.82. The predicted octanol–water partition coefficient (Wildman–Crippen LogP) is 0.699. The van der Waals surface area contributed by atoms with Crippen LogP contribution in [0.3, 0.4) is 0 Å². The number of nitrogens with one attached hydrogen (secondary N) is 1. The Kier molecular flexibility index (Phi) is 4.17. The Hall–Kier alpha value is -1.33. The molecule has 17 heavy (non-hydrogen) atoms. The quantitative estimate of drug-likeness (QED) is 0.786. The lowest BCUT2D eigenvalue weighted by Crippen LogP contribution is -2.33. The molecule has 0 saturated carbocycles. The van der Waals surface area contributed by atoms with E-state index >= 15 is 0 Å². The minimum absolute atomic E-state index is 0.0705. The highest BCUT2D eigenvalue weighted by Crippen LogP contribution is 2.04. The van der Waals surface area contributed by atoms with Gasteiger partial charge >= 0.3 is 0 Å². The van der Waals surface area contributed by atoms with E-state index in [4.69, 9.17) is 0 Å². The van der Waals surface area contributed by atoms with Crippen LogP contribution in [-0.2, 0) is 0 Å². The number of hydrogen-bond donors (Lipinski definition) is 1. The van der Waals surface area contributed by atoms with Gasteiger partial charge in [0.15, 0.2) is 5.78 Å². The van der Waals surface area contributed by atoms with Crippen molar-refractivity contribution in [3.63, 3.8) is 0 Å². The van der Waals surface area contributed by atoms with Gasteiger partial charge in [0.05, 0.1) is 12.7 Å². The van der Waals surface area contributed by atoms with E-state index in [0.29, 0.717) is 12.1 Å². The fourth-order valence-electron chi connectivity index (χ4n) is 1.92. The molecule has 0 aromatic carbocycles. The monoisotopic (exact) mass is 237 g/mol. The molecule has 0 aliphatic carbocycles. The van der Waals surface area contributed by atoms with Crippen molar-refractivity contribution in [1.82, 2.24) is 15.2 Å². The zero-order valence-electron chi connectivity index (χ0n) is 9.66. The molecule has 4 nitrogen and oxygen atoms in total. The number of pyridine rings is 1. The number of hydrogen-bond acceptors (Lipinski definition) is 4. The zero-order chi connectivity index (χ0) is 12.1. The van der Waals surface area contributed by atoms with Gasteiger partial charge in [-0.3, -0.25) is 14.7 Å². The van der Waals surface area contributed by atoms with Crippen molar-refractivity contribution in [3.05, 3.63) is 29.8 Å². The first kappa shape index (κ1) is 12.1. The maximum atomic E-state index is 12.9. The lowest BCUT2D eigenvalue weighted by atomic mass is 10.2. The molecular formula is C12H16FN3O. The molecule has 1 N–H and O–H groups in total. The van der Waals surface area contributed by atoms with E-state index in [-0.39, 0.29) is 5.78 Å². The van der Waals surface area contributed by atoms with Gasteiger partial charge in [-0.15, -0.1) is 0 Å². The summed E-state index contributed by atoms with van der Waals surface area (Å²) < 4.78 is 12.9. The fraction of sp³-hybridized carbons (Fsp3) is 0.500. The smallest absolute Gasteiger partial charge is 0.178 e. The zero-order valence-corrected chi connectivity index (χ0v) is 9.66. The normalized spacial score (nSPS) is 17.7. The second kappa shape index (κ2) is 5.84. The molecule has 1 aromatic rings. The van der Waals surface area contributed by atoms with Gasteiger partial charge in [0.1, 0.15) is 5.82 Å². The van der Waals surface area contributed by atoms with Gasteiger partial charge in [-0.25, -0.2) is 4.39 Å². The van der Waals surface area contributed by atoms with Crippen molar-refractivity contribution in [3.8, 4) is 0 Å². The number of nitrogens with zero attached hydrogens (tertiary/aromatic N) is 2. The van der Waals surface area contributed by atoms with E-state index in [1.165, 1.54) is 12.3 Å². The third kappa shape index (κ3) is 3.57. The number of rotatable bonds is 3. The number of Topliss-reactive ketones (excluding diaryl/α,β-unsaturated/α-hetero) is 1. The van der Waals surface area contributed by atoms with Crippen LogP contribution in [0.15, 0.2) is 18.5 Å². The molecular weight excluding hydrogens is 221 g/mol. The Bertz CT molecular complexity index is 389. The van der Waals surface area contributed by atoms with Crippen molar-refractivity contribution in [2.75, 3.05) is 32.7 Å². The fourth-order valence-corrected chi connectivity index (χ4v) is 1.92. The summed E-state index contributed by atoms with van der Waals surface area (Å²) in [4.78, 5) is 17.7. The van der Waals surface area contributed by atoms with E-state index in [9.17, 15) is 9.18 Å². The molecule has 92 valence electrons. The summed E-state index contributed by atoms with van der Waals surface area (Å²) in [6.07, 6.45) is 3.56. The van der Waals surface area contributed by atoms with Crippen molar-refractivity contribution in [1.29, 1.82) is 0 Å². The van der Waals surface area contributed by atoms with Crippen molar-refractivity contribution < 1.29 is 9.18 Å². The van der Waals surface area contributed by atoms with Gasteiger partial charge in [-0.1, -0.05) is 0 Å². The average Bonchev–Trinajstić information content (AvgIpc) is 2.57. The molecule has 2 heterocycles. The highest BCUT2D eigenvalue weighted by atomic mass is 19.1. The van der Waals surface area contributed by atoms with Gasteiger partial charge in [-0.2, -0.15) is 0 Å². The maximum Gasteiger partial charge on any atom is 0.178 e. The van der Waals surface area contributed by atoms with Crippen LogP contribution in [0.4, 0.5) is 4.39 Å². The maximum absolute atomic E-state index is 12.9. The summed E-state index contributed by atoms with van der Waals surface area (Å²) in [5, 5.41) is 3.27. The van der Waals surface area contributed by atoms with Crippen LogP contribution in [-0.4, -0.2) is 48.4 Å². The molecule has 2 rings (SSSR count). The van der Waals surface area contributed by atoms with E-state index < -0.39 is 5.82 Å². The Morgan fingerprint density at radius 1 is 1.41 bits per heavy atom. The molecule has 1 aromatic heterocycles.